The summed E-state index contributed by atoms with van der Waals surface area (Å²) in [5.74, 6) is 2.13. The van der Waals surface area contributed by atoms with Crippen LogP contribution in [0, 0.1) is 5.92 Å². The van der Waals surface area contributed by atoms with Crippen LogP contribution in [0.5, 0.6) is 0 Å². The lowest BCUT2D eigenvalue weighted by Crippen LogP contribution is -2.14. The lowest BCUT2D eigenvalue weighted by atomic mass is 10.0. The number of hydrogen-bond donors (Lipinski definition) is 2. The fraction of sp³-hybridized carbons (Fsp3) is 0.333. The molecule has 0 spiro atoms. The zero-order chi connectivity index (χ0) is 14.1. The molecule has 1 aromatic carbocycles. The Hall–Kier alpha value is -1.85. The summed E-state index contributed by atoms with van der Waals surface area (Å²) in [7, 11) is 0. The molecule has 2 aromatic heterocycles. The Labute approximate surface area is 129 Å². The third-order valence-electron chi connectivity index (χ3n) is 3.29. The molecule has 1 atom stereocenters. The van der Waals surface area contributed by atoms with Crippen LogP contribution in [0.2, 0.25) is 0 Å². The van der Waals surface area contributed by atoms with Gasteiger partial charge in [-0.2, -0.15) is 0 Å². The normalized spacial score (nSPS) is 12.6. The van der Waals surface area contributed by atoms with Gasteiger partial charge >= 0.3 is 0 Å². The molecule has 0 fully saturated rings. The van der Waals surface area contributed by atoms with Crippen LogP contribution in [-0.4, -0.2) is 15.0 Å². The number of aromatic amines is 1. The largest absolute Gasteiger partial charge is 0.444 e. The summed E-state index contributed by atoms with van der Waals surface area (Å²) < 4.78 is 5.31. The van der Waals surface area contributed by atoms with E-state index in [2.05, 4.69) is 28.8 Å². The lowest BCUT2D eigenvalue weighted by molar-refractivity contribution is 0.496. The summed E-state index contributed by atoms with van der Waals surface area (Å²) in [6, 6.07) is 5.89. The number of imidazole rings is 1. The maximum atomic E-state index is 6.17. The van der Waals surface area contributed by atoms with Crippen molar-refractivity contribution >= 4 is 23.4 Å². The molecule has 6 heteroatoms. The van der Waals surface area contributed by atoms with Crippen molar-refractivity contribution < 1.29 is 4.42 Å². The number of oxazole rings is 1. The highest BCUT2D eigenvalue weighted by Crippen LogP contribution is 2.25. The van der Waals surface area contributed by atoms with Gasteiger partial charge in [0, 0.05) is 5.56 Å². The monoisotopic (exact) mass is 306 g/mol. The first kappa shape index (κ1) is 15.5. The topological polar surface area (TPSA) is 80.7 Å². The first-order chi connectivity index (χ1) is 9.63. The van der Waals surface area contributed by atoms with Gasteiger partial charge in [0.1, 0.15) is 5.82 Å². The molecule has 0 saturated carbocycles. The second-order valence-corrected chi connectivity index (χ2v) is 5.46. The van der Waals surface area contributed by atoms with E-state index < -0.39 is 0 Å². The summed E-state index contributed by atoms with van der Waals surface area (Å²) in [6.07, 6.45) is 4.04. The number of nitrogens with zero attached hydrogens (tertiary/aromatic N) is 2. The zero-order valence-electron chi connectivity index (χ0n) is 12.0. The summed E-state index contributed by atoms with van der Waals surface area (Å²) in [4.78, 5) is 11.8. The Morgan fingerprint density at radius 1 is 1.33 bits per heavy atom. The van der Waals surface area contributed by atoms with Crippen molar-refractivity contribution in [1.82, 2.24) is 15.0 Å². The van der Waals surface area contributed by atoms with Crippen molar-refractivity contribution in [3.05, 3.63) is 36.6 Å². The number of nitrogens with two attached hydrogens (primary N) is 1. The number of halogens is 1. The number of rotatable bonds is 4. The minimum absolute atomic E-state index is 0. The van der Waals surface area contributed by atoms with Crippen LogP contribution in [-0.2, 0) is 0 Å². The summed E-state index contributed by atoms with van der Waals surface area (Å²) in [6.45, 7) is 4.31. The third kappa shape index (κ3) is 3.25. The van der Waals surface area contributed by atoms with Gasteiger partial charge in [0.2, 0.25) is 0 Å². The molecule has 112 valence electrons. The Bertz CT molecular complexity index is 706. The van der Waals surface area contributed by atoms with Crippen LogP contribution in [0.4, 0.5) is 0 Å². The van der Waals surface area contributed by atoms with Crippen molar-refractivity contribution in [2.24, 2.45) is 11.7 Å². The average molecular weight is 307 g/mol. The predicted molar refractivity (Wildman–Crippen MR) is 85.2 cm³/mol. The maximum Gasteiger partial charge on any atom is 0.181 e. The highest BCUT2D eigenvalue weighted by molar-refractivity contribution is 5.85. The third-order valence-corrected chi connectivity index (χ3v) is 3.29. The Balaban J connectivity index is 0.00000161. The van der Waals surface area contributed by atoms with Crippen molar-refractivity contribution in [2.45, 2.75) is 26.3 Å². The average Bonchev–Trinajstić information content (AvgIpc) is 3.06. The Morgan fingerprint density at radius 3 is 2.81 bits per heavy atom. The summed E-state index contributed by atoms with van der Waals surface area (Å²) in [5.41, 5.74) is 9.03. The molecule has 0 aliphatic carbocycles. The fourth-order valence-electron chi connectivity index (χ4n) is 2.34. The van der Waals surface area contributed by atoms with Crippen LogP contribution in [0.15, 0.2) is 35.2 Å². The highest BCUT2D eigenvalue weighted by Gasteiger charge is 2.13. The van der Waals surface area contributed by atoms with E-state index in [1.54, 1.807) is 6.20 Å². The molecule has 3 rings (SSSR count). The van der Waals surface area contributed by atoms with Gasteiger partial charge in [-0.05, 0) is 30.5 Å². The van der Waals surface area contributed by atoms with Gasteiger partial charge in [-0.15, -0.1) is 12.4 Å². The van der Waals surface area contributed by atoms with E-state index in [-0.39, 0.29) is 18.4 Å². The second kappa shape index (κ2) is 6.28. The molecule has 21 heavy (non-hydrogen) atoms. The minimum Gasteiger partial charge on any atom is -0.444 e. The molecule has 5 nitrogen and oxygen atoms in total. The van der Waals surface area contributed by atoms with E-state index >= 15 is 0 Å². The van der Waals surface area contributed by atoms with E-state index in [1.807, 2.05) is 18.2 Å². The van der Waals surface area contributed by atoms with Crippen LogP contribution in [0.1, 0.15) is 32.1 Å². The number of nitrogens with one attached hydrogen (secondary N) is 1. The predicted octanol–water partition coefficient (Wildman–Crippen LogP) is 3.69. The van der Waals surface area contributed by atoms with Gasteiger partial charge < -0.3 is 15.1 Å². The van der Waals surface area contributed by atoms with E-state index in [0.29, 0.717) is 5.92 Å². The van der Waals surface area contributed by atoms with Gasteiger partial charge in [-0.3, -0.25) is 0 Å². The first-order valence-corrected chi connectivity index (χ1v) is 6.77. The number of H-pyrrole nitrogens is 1. The van der Waals surface area contributed by atoms with E-state index in [0.717, 1.165) is 34.6 Å². The van der Waals surface area contributed by atoms with Gasteiger partial charge in [-0.25, -0.2) is 9.97 Å². The van der Waals surface area contributed by atoms with Crippen LogP contribution < -0.4 is 5.73 Å². The molecule has 0 unspecified atom stereocenters. The van der Waals surface area contributed by atoms with E-state index in [1.165, 1.54) is 6.39 Å². The number of hydrogen-bond acceptors (Lipinski definition) is 4. The highest BCUT2D eigenvalue weighted by atomic mass is 35.5. The SMILES string of the molecule is CC(C)C[C@@H](N)c1nc2ccc(-c3cnco3)cc2[nH]1.Cl. The number of benzene rings is 1. The fourth-order valence-corrected chi connectivity index (χ4v) is 2.34. The molecule has 0 saturated heterocycles. The second-order valence-electron chi connectivity index (χ2n) is 5.46. The molecule has 2 heterocycles. The number of fused-ring (bicyclic) bond motifs is 1. The molecule has 0 bridgehead atoms. The molecule has 0 aliphatic rings. The van der Waals surface area contributed by atoms with Crippen molar-refractivity contribution in [2.75, 3.05) is 0 Å². The van der Waals surface area contributed by atoms with Crippen molar-refractivity contribution in [3.8, 4) is 11.3 Å². The molecule has 0 aliphatic heterocycles. The molecule has 3 N–H and O–H groups in total. The van der Waals surface area contributed by atoms with E-state index in [9.17, 15) is 0 Å². The molecule has 3 aromatic rings. The summed E-state index contributed by atoms with van der Waals surface area (Å²) >= 11 is 0. The molecule has 0 radical (unpaired) electrons. The molecule has 0 amide bonds. The Morgan fingerprint density at radius 2 is 2.14 bits per heavy atom. The van der Waals surface area contributed by atoms with Crippen molar-refractivity contribution in [3.63, 3.8) is 0 Å². The van der Waals surface area contributed by atoms with Gasteiger partial charge in [0.15, 0.2) is 12.2 Å². The summed E-state index contributed by atoms with van der Waals surface area (Å²) in [5, 5.41) is 0. The smallest absolute Gasteiger partial charge is 0.181 e. The van der Waals surface area contributed by atoms with Crippen molar-refractivity contribution in [1.29, 1.82) is 0 Å². The minimum atomic E-state index is -0.0591. The Kier molecular flexibility index (Phi) is 4.65. The first-order valence-electron chi connectivity index (χ1n) is 6.77. The van der Waals surface area contributed by atoms with Crippen LogP contribution in [0.3, 0.4) is 0 Å². The van der Waals surface area contributed by atoms with Crippen LogP contribution >= 0.6 is 12.4 Å². The number of aromatic nitrogens is 3. The van der Waals surface area contributed by atoms with Gasteiger partial charge in [-0.1, -0.05) is 13.8 Å². The van der Waals surface area contributed by atoms with Crippen LogP contribution in [0.25, 0.3) is 22.4 Å². The van der Waals surface area contributed by atoms with Gasteiger partial charge in [0.25, 0.3) is 0 Å². The maximum absolute atomic E-state index is 6.17. The molecular formula is C15H19ClN4O. The van der Waals surface area contributed by atoms with Gasteiger partial charge in [0.05, 0.1) is 23.3 Å². The van der Waals surface area contributed by atoms with E-state index in [4.69, 9.17) is 10.2 Å². The molecular weight excluding hydrogens is 288 g/mol. The zero-order valence-corrected chi connectivity index (χ0v) is 12.9. The lowest BCUT2D eigenvalue weighted by Gasteiger charge is -2.10. The standard InChI is InChI=1S/C15H18N4O.ClH/c1-9(2)5-11(16)15-18-12-4-3-10(6-13(12)19-15)14-7-17-8-20-14;/h3-4,6-9,11H,5,16H2,1-2H3,(H,18,19);1H/t11-;/m1./s1. The quantitative estimate of drug-likeness (QED) is 0.770.